The minimum Gasteiger partial charge on any atom is -0.481 e. The van der Waals surface area contributed by atoms with Gasteiger partial charge in [-0.2, -0.15) is 0 Å². The minimum atomic E-state index is 0.0990. The standard InChI is InChI=1S/C13H11BrCl2N2O/c1-19-13-6-9(17-7-18-13)5-10(14)8-2-3-11(15)12(16)4-8/h2-4,6-7,10H,5H2,1H3. The molecular weight excluding hydrogens is 351 g/mol. The first kappa shape index (κ1) is 14.6. The molecule has 6 heteroatoms. The molecule has 0 aliphatic carbocycles. The van der Waals surface area contributed by atoms with E-state index < -0.39 is 0 Å². The van der Waals surface area contributed by atoms with Gasteiger partial charge in [-0.25, -0.2) is 9.97 Å². The molecule has 0 radical (unpaired) electrons. The maximum atomic E-state index is 6.01. The van der Waals surface area contributed by atoms with Crippen molar-refractivity contribution in [1.29, 1.82) is 0 Å². The summed E-state index contributed by atoms with van der Waals surface area (Å²) in [6.45, 7) is 0. The molecule has 19 heavy (non-hydrogen) atoms. The summed E-state index contributed by atoms with van der Waals surface area (Å²) in [6, 6.07) is 7.38. The Morgan fingerprint density at radius 3 is 2.68 bits per heavy atom. The van der Waals surface area contributed by atoms with E-state index in [1.54, 1.807) is 13.2 Å². The molecule has 100 valence electrons. The van der Waals surface area contributed by atoms with Crippen molar-refractivity contribution in [2.45, 2.75) is 11.2 Å². The van der Waals surface area contributed by atoms with Crippen LogP contribution in [0.15, 0.2) is 30.6 Å². The van der Waals surface area contributed by atoms with E-state index in [1.807, 2.05) is 18.2 Å². The summed E-state index contributed by atoms with van der Waals surface area (Å²) in [5.74, 6) is 0.554. The smallest absolute Gasteiger partial charge is 0.216 e. The molecule has 1 unspecified atom stereocenters. The maximum Gasteiger partial charge on any atom is 0.216 e. The highest BCUT2D eigenvalue weighted by Crippen LogP contribution is 2.31. The number of hydrogen-bond acceptors (Lipinski definition) is 3. The summed E-state index contributed by atoms with van der Waals surface area (Å²) in [4.78, 5) is 8.29. The summed E-state index contributed by atoms with van der Waals surface area (Å²) in [7, 11) is 1.58. The van der Waals surface area contributed by atoms with Gasteiger partial charge in [-0.3, -0.25) is 0 Å². The summed E-state index contributed by atoms with van der Waals surface area (Å²) in [6.07, 6.45) is 2.19. The molecule has 1 atom stereocenters. The number of aromatic nitrogens is 2. The SMILES string of the molecule is COc1cc(CC(Br)c2ccc(Cl)c(Cl)c2)ncn1. The molecule has 0 amide bonds. The van der Waals surface area contributed by atoms with Crippen LogP contribution < -0.4 is 4.74 Å². The molecule has 0 saturated carbocycles. The van der Waals surface area contributed by atoms with E-state index in [0.717, 1.165) is 11.3 Å². The van der Waals surface area contributed by atoms with Gasteiger partial charge in [0.05, 0.1) is 17.2 Å². The fourth-order valence-electron chi connectivity index (χ4n) is 1.61. The first-order valence-corrected chi connectivity index (χ1v) is 7.21. The first-order chi connectivity index (χ1) is 9.10. The van der Waals surface area contributed by atoms with E-state index in [9.17, 15) is 0 Å². The lowest BCUT2D eigenvalue weighted by atomic mass is 10.1. The van der Waals surface area contributed by atoms with Gasteiger partial charge in [0, 0.05) is 23.0 Å². The van der Waals surface area contributed by atoms with Gasteiger partial charge in [0.1, 0.15) is 6.33 Å². The quantitative estimate of drug-likeness (QED) is 0.753. The highest BCUT2D eigenvalue weighted by molar-refractivity contribution is 9.09. The van der Waals surface area contributed by atoms with Crippen LogP contribution in [0.2, 0.25) is 10.0 Å². The first-order valence-electron chi connectivity index (χ1n) is 5.54. The molecule has 0 saturated heterocycles. The van der Waals surface area contributed by atoms with Crippen molar-refractivity contribution in [3.05, 3.63) is 51.9 Å². The van der Waals surface area contributed by atoms with Gasteiger partial charge in [0.15, 0.2) is 0 Å². The van der Waals surface area contributed by atoms with Crippen LogP contribution in [-0.2, 0) is 6.42 Å². The van der Waals surface area contributed by atoms with Crippen LogP contribution in [0.25, 0.3) is 0 Å². The van der Waals surface area contributed by atoms with Gasteiger partial charge in [-0.1, -0.05) is 45.2 Å². The van der Waals surface area contributed by atoms with Gasteiger partial charge in [0.2, 0.25) is 5.88 Å². The molecule has 2 aromatic rings. The van der Waals surface area contributed by atoms with Crippen molar-refractivity contribution < 1.29 is 4.74 Å². The van der Waals surface area contributed by atoms with Crippen molar-refractivity contribution in [2.24, 2.45) is 0 Å². The molecule has 2 rings (SSSR count). The van der Waals surface area contributed by atoms with Crippen LogP contribution in [0.5, 0.6) is 5.88 Å². The van der Waals surface area contributed by atoms with Crippen molar-refractivity contribution in [2.75, 3.05) is 7.11 Å². The van der Waals surface area contributed by atoms with Crippen LogP contribution in [0.4, 0.5) is 0 Å². The highest BCUT2D eigenvalue weighted by atomic mass is 79.9. The van der Waals surface area contributed by atoms with Crippen molar-refractivity contribution in [3.8, 4) is 5.88 Å². The Bertz CT molecular complexity index is 580. The number of nitrogens with zero attached hydrogens (tertiary/aromatic N) is 2. The highest BCUT2D eigenvalue weighted by Gasteiger charge is 2.12. The average Bonchev–Trinajstić information content (AvgIpc) is 2.42. The number of rotatable bonds is 4. The zero-order valence-electron chi connectivity index (χ0n) is 10.1. The maximum absolute atomic E-state index is 6.01. The lowest BCUT2D eigenvalue weighted by Gasteiger charge is -2.11. The van der Waals surface area contributed by atoms with Crippen molar-refractivity contribution in [3.63, 3.8) is 0 Å². The molecule has 0 aliphatic heterocycles. The van der Waals surface area contributed by atoms with E-state index in [4.69, 9.17) is 27.9 Å². The molecule has 1 heterocycles. The molecular formula is C13H11BrCl2N2O. The van der Waals surface area contributed by atoms with E-state index in [1.165, 1.54) is 6.33 Å². The molecule has 0 aliphatic rings. The molecule has 0 bridgehead atoms. The normalized spacial score (nSPS) is 12.2. The monoisotopic (exact) mass is 360 g/mol. The van der Waals surface area contributed by atoms with E-state index in [0.29, 0.717) is 22.3 Å². The Balaban J connectivity index is 2.15. The fraction of sp³-hybridized carbons (Fsp3) is 0.231. The van der Waals surface area contributed by atoms with Crippen molar-refractivity contribution in [1.82, 2.24) is 9.97 Å². The van der Waals surface area contributed by atoms with Crippen LogP contribution in [0.3, 0.4) is 0 Å². The number of alkyl halides is 1. The largest absolute Gasteiger partial charge is 0.481 e. The number of benzene rings is 1. The Hall–Kier alpha value is -0.840. The Morgan fingerprint density at radius 1 is 1.21 bits per heavy atom. The predicted molar refractivity (Wildman–Crippen MR) is 80.4 cm³/mol. The lowest BCUT2D eigenvalue weighted by Crippen LogP contribution is -1.99. The summed E-state index contributed by atoms with van der Waals surface area (Å²) >= 11 is 15.5. The summed E-state index contributed by atoms with van der Waals surface area (Å²) in [5, 5.41) is 1.10. The molecule has 0 fully saturated rings. The third kappa shape index (κ3) is 3.81. The molecule has 1 aromatic carbocycles. The fourth-order valence-corrected chi connectivity index (χ4v) is 2.53. The number of methoxy groups -OCH3 is 1. The van der Waals surface area contributed by atoms with Gasteiger partial charge >= 0.3 is 0 Å². The molecule has 3 nitrogen and oxygen atoms in total. The topological polar surface area (TPSA) is 35.0 Å². The van der Waals surface area contributed by atoms with Gasteiger partial charge < -0.3 is 4.74 Å². The van der Waals surface area contributed by atoms with Gasteiger partial charge in [-0.05, 0) is 17.7 Å². The summed E-state index contributed by atoms with van der Waals surface area (Å²) in [5.41, 5.74) is 1.94. The van der Waals surface area contributed by atoms with Crippen LogP contribution >= 0.6 is 39.1 Å². The molecule has 1 aromatic heterocycles. The Morgan fingerprint density at radius 2 is 2.00 bits per heavy atom. The van der Waals surface area contributed by atoms with Crippen LogP contribution in [0, 0.1) is 0 Å². The summed E-state index contributed by atoms with van der Waals surface area (Å²) < 4.78 is 5.07. The van der Waals surface area contributed by atoms with Gasteiger partial charge in [0.25, 0.3) is 0 Å². The Kier molecular flexibility index (Phi) is 5.02. The minimum absolute atomic E-state index is 0.0990. The number of ether oxygens (including phenoxy) is 1. The third-order valence-electron chi connectivity index (χ3n) is 2.60. The third-order valence-corrected chi connectivity index (χ3v) is 4.19. The second kappa shape index (κ2) is 6.55. The van der Waals surface area contributed by atoms with Crippen LogP contribution in [0.1, 0.15) is 16.1 Å². The second-order valence-corrected chi connectivity index (χ2v) is 5.82. The van der Waals surface area contributed by atoms with E-state index >= 15 is 0 Å². The average molecular weight is 362 g/mol. The second-order valence-electron chi connectivity index (χ2n) is 3.90. The zero-order chi connectivity index (χ0) is 13.8. The molecule has 0 spiro atoms. The van der Waals surface area contributed by atoms with E-state index in [-0.39, 0.29) is 4.83 Å². The lowest BCUT2D eigenvalue weighted by molar-refractivity contribution is 0.396. The van der Waals surface area contributed by atoms with Crippen LogP contribution in [-0.4, -0.2) is 17.1 Å². The number of halogens is 3. The predicted octanol–water partition coefficient (Wildman–Crippen LogP) is 4.47. The van der Waals surface area contributed by atoms with E-state index in [2.05, 4.69) is 25.9 Å². The Labute approximate surface area is 130 Å². The number of hydrogen-bond donors (Lipinski definition) is 0. The van der Waals surface area contributed by atoms with Gasteiger partial charge in [-0.15, -0.1) is 0 Å². The van der Waals surface area contributed by atoms with Crippen molar-refractivity contribution >= 4 is 39.1 Å². The molecule has 0 N–H and O–H groups in total. The zero-order valence-corrected chi connectivity index (χ0v) is 13.2.